The molecule has 8 nitrogen and oxygen atoms in total. The van der Waals surface area contributed by atoms with Gasteiger partial charge >= 0.3 is 0 Å². The molecule has 1 aliphatic rings. The number of nitrogens with zero attached hydrogens (tertiary/aromatic N) is 2. The molecule has 0 aliphatic carbocycles. The van der Waals surface area contributed by atoms with E-state index in [1.54, 1.807) is 23.1 Å². The van der Waals surface area contributed by atoms with Gasteiger partial charge in [0.15, 0.2) is 0 Å². The third-order valence-electron chi connectivity index (χ3n) is 7.08. The highest BCUT2D eigenvalue weighted by atomic mass is 35.5. The van der Waals surface area contributed by atoms with Crippen LogP contribution in [0.15, 0.2) is 77.7 Å². The van der Waals surface area contributed by atoms with Crippen LogP contribution in [0.3, 0.4) is 0 Å². The second kappa shape index (κ2) is 13.0. The van der Waals surface area contributed by atoms with Gasteiger partial charge in [-0.25, -0.2) is 8.42 Å². The summed E-state index contributed by atoms with van der Waals surface area (Å²) in [5.74, 6) is 0.339. The van der Waals surface area contributed by atoms with E-state index >= 15 is 0 Å². The van der Waals surface area contributed by atoms with Crippen LogP contribution in [0.4, 0.5) is 5.69 Å². The predicted octanol–water partition coefficient (Wildman–Crippen LogP) is 4.42. The van der Waals surface area contributed by atoms with Crippen LogP contribution in [-0.4, -0.2) is 68.1 Å². The molecule has 0 fully saturated rings. The number of fused-ring (bicyclic) bond motifs is 1. The molecule has 0 unspecified atom stereocenters. The van der Waals surface area contributed by atoms with Crippen LogP contribution in [0, 0.1) is 5.92 Å². The number of sulfonamides is 1. The van der Waals surface area contributed by atoms with Crippen molar-refractivity contribution in [3.63, 3.8) is 0 Å². The quantitative estimate of drug-likeness (QED) is 0.386. The zero-order chi connectivity index (χ0) is 28.9. The fourth-order valence-electron chi connectivity index (χ4n) is 4.81. The summed E-state index contributed by atoms with van der Waals surface area (Å²) in [6.07, 6.45) is -0.251. The fourth-order valence-corrected chi connectivity index (χ4v) is 5.98. The molecule has 0 saturated heterocycles. The van der Waals surface area contributed by atoms with E-state index in [1.165, 1.54) is 29.8 Å². The van der Waals surface area contributed by atoms with Crippen LogP contribution < -0.4 is 9.46 Å². The van der Waals surface area contributed by atoms with E-state index in [-0.39, 0.29) is 41.9 Å². The Labute approximate surface area is 241 Å². The maximum absolute atomic E-state index is 13.4. The summed E-state index contributed by atoms with van der Waals surface area (Å²) in [5.41, 5.74) is 2.07. The Morgan fingerprint density at radius 2 is 1.82 bits per heavy atom. The van der Waals surface area contributed by atoms with Gasteiger partial charge in [-0.3, -0.25) is 14.4 Å². The van der Waals surface area contributed by atoms with Crippen molar-refractivity contribution in [1.29, 1.82) is 0 Å². The van der Waals surface area contributed by atoms with E-state index in [0.29, 0.717) is 35.1 Å². The number of hydrogen-bond donors (Lipinski definition) is 2. The molecule has 214 valence electrons. The summed E-state index contributed by atoms with van der Waals surface area (Å²) in [6.45, 7) is 5.47. The molecule has 2 N–H and O–H groups in total. The molecule has 1 aliphatic heterocycles. The minimum atomic E-state index is -3.87. The number of anilines is 1. The number of hydrogen-bond acceptors (Lipinski definition) is 6. The summed E-state index contributed by atoms with van der Waals surface area (Å²) >= 11 is 5.91. The van der Waals surface area contributed by atoms with Gasteiger partial charge in [0.1, 0.15) is 11.9 Å². The minimum absolute atomic E-state index is 0.00941. The zero-order valence-corrected chi connectivity index (χ0v) is 24.5. The topological polar surface area (TPSA) is 99.2 Å². The number of amides is 1. The number of rotatable bonds is 9. The largest absolute Gasteiger partial charge is 0.488 e. The van der Waals surface area contributed by atoms with Crippen molar-refractivity contribution in [3.8, 4) is 5.75 Å². The Kier molecular flexibility index (Phi) is 9.73. The average Bonchev–Trinajstić information content (AvgIpc) is 2.96. The number of nitrogens with one attached hydrogen (secondary N) is 1. The lowest BCUT2D eigenvalue weighted by Crippen LogP contribution is -2.47. The molecule has 0 radical (unpaired) electrons. The normalized spacial score (nSPS) is 18.8. The van der Waals surface area contributed by atoms with Gasteiger partial charge in [-0.1, -0.05) is 48.9 Å². The van der Waals surface area contributed by atoms with Crippen molar-refractivity contribution < 1.29 is 23.1 Å². The Morgan fingerprint density at radius 1 is 1.12 bits per heavy atom. The lowest BCUT2D eigenvalue weighted by molar-refractivity contribution is -0.134. The van der Waals surface area contributed by atoms with Gasteiger partial charge in [0.2, 0.25) is 5.91 Å². The van der Waals surface area contributed by atoms with Crippen LogP contribution in [0.5, 0.6) is 5.75 Å². The van der Waals surface area contributed by atoms with E-state index in [2.05, 4.69) is 21.8 Å². The zero-order valence-electron chi connectivity index (χ0n) is 23.0. The number of aliphatic hydroxyl groups excluding tert-OH is 1. The Hall–Kier alpha value is -3.11. The first-order valence-corrected chi connectivity index (χ1v) is 15.1. The second-order valence-corrected chi connectivity index (χ2v) is 12.6. The number of carbonyl (C=O) groups excluding carboxylic acids is 1. The molecular weight excluding hydrogens is 550 g/mol. The highest BCUT2D eigenvalue weighted by Crippen LogP contribution is 2.30. The first kappa shape index (κ1) is 29.9. The van der Waals surface area contributed by atoms with Gasteiger partial charge in [0.05, 0.1) is 24.0 Å². The molecule has 4 rings (SSSR count). The van der Waals surface area contributed by atoms with Crippen LogP contribution in [-0.2, 0) is 27.8 Å². The molecular formula is C30H36ClN3O5S. The number of aliphatic hydroxyl groups is 1. The van der Waals surface area contributed by atoms with Crippen LogP contribution >= 0.6 is 11.6 Å². The summed E-state index contributed by atoms with van der Waals surface area (Å²) in [5, 5.41) is 10.3. The van der Waals surface area contributed by atoms with Crippen molar-refractivity contribution >= 4 is 33.2 Å². The van der Waals surface area contributed by atoms with Crippen LogP contribution in [0.1, 0.15) is 25.0 Å². The molecule has 3 aromatic carbocycles. The summed E-state index contributed by atoms with van der Waals surface area (Å²) in [4.78, 5) is 17.4. The van der Waals surface area contributed by atoms with Crippen molar-refractivity contribution in [2.24, 2.45) is 5.92 Å². The number of ether oxygens (including phenoxy) is 1. The first-order valence-electron chi connectivity index (χ1n) is 13.3. The predicted molar refractivity (Wildman–Crippen MR) is 157 cm³/mol. The smallest absolute Gasteiger partial charge is 0.261 e. The van der Waals surface area contributed by atoms with E-state index < -0.39 is 10.0 Å². The van der Waals surface area contributed by atoms with Crippen molar-refractivity contribution in [3.05, 3.63) is 88.9 Å². The van der Waals surface area contributed by atoms with Gasteiger partial charge < -0.3 is 14.7 Å². The van der Waals surface area contributed by atoms with Crippen LogP contribution in [0.25, 0.3) is 0 Å². The lowest BCUT2D eigenvalue weighted by atomic mass is 10.0. The van der Waals surface area contributed by atoms with Crippen molar-refractivity contribution in [1.82, 2.24) is 9.80 Å². The number of benzene rings is 3. The van der Waals surface area contributed by atoms with Gasteiger partial charge in [-0.05, 0) is 62.0 Å². The summed E-state index contributed by atoms with van der Waals surface area (Å²) in [7, 11) is -1.84. The Balaban J connectivity index is 1.63. The Bertz CT molecular complexity index is 1400. The monoisotopic (exact) mass is 585 g/mol. The molecule has 1 amide bonds. The van der Waals surface area contributed by atoms with Crippen molar-refractivity contribution in [2.45, 2.75) is 43.9 Å². The van der Waals surface area contributed by atoms with Gasteiger partial charge in [-0.15, -0.1) is 0 Å². The molecule has 0 aromatic heterocycles. The molecule has 0 bridgehead atoms. The molecule has 10 heteroatoms. The molecule has 1 heterocycles. The molecule has 0 saturated carbocycles. The average molecular weight is 586 g/mol. The van der Waals surface area contributed by atoms with Gasteiger partial charge in [0, 0.05) is 41.8 Å². The minimum Gasteiger partial charge on any atom is -0.488 e. The van der Waals surface area contributed by atoms with Gasteiger partial charge in [0.25, 0.3) is 10.0 Å². The van der Waals surface area contributed by atoms with E-state index in [9.17, 15) is 18.3 Å². The summed E-state index contributed by atoms with van der Waals surface area (Å²) < 4.78 is 35.1. The SMILES string of the molecule is C[C@H](CO)N1C[C@H](C)[C@H](CN(C)Cc2ccccc2)Oc2ccc(NS(=O)(=O)c3ccc(Cl)cc3)cc2CC1=O. The third-order valence-corrected chi connectivity index (χ3v) is 8.73. The highest BCUT2D eigenvalue weighted by molar-refractivity contribution is 7.92. The maximum Gasteiger partial charge on any atom is 0.261 e. The number of halogens is 1. The molecule has 3 atom stereocenters. The fraction of sp³-hybridized carbons (Fsp3) is 0.367. The van der Waals surface area contributed by atoms with Crippen LogP contribution in [0.2, 0.25) is 5.02 Å². The van der Waals surface area contributed by atoms with Crippen molar-refractivity contribution in [2.75, 3.05) is 31.5 Å². The maximum atomic E-state index is 13.4. The standard InChI is InChI=1S/C30H36ClN3O5S/c1-21-17-34(22(2)20-35)30(36)16-24-15-26(32-40(37,38)27-12-9-25(31)10-13-27)11-14-28(24)39-29(21)19-33(3)18-23-7-5-4-6-8-23/h4-15,21-22,29,32,35H,16-20H2,1-3H3/t21-,22+,29-/m0/s1. The van der Waals surface area contributed by atoms with E-state index in [0.717, 1.165) is 6.54 Å². The first-order chi connectivity index (χ1) is 19.1. The Morgan fingerprint density at radius 3 is 2.50 bits per heavy atom. The van der Waals surface area contributed by atoms with Gasteiger partial charge in [-0.2, -0.15) is 0 Å². The number of carbonyl (C=O) groups is 1. The number of likely N-dealkylation sites (N-methyl/N-ethyl adjacent to an activating group) is 1. The molecule has 40 heavy (non-hydrogen) atoms. The molecule has 3 aromatic rings. The summed E-state index contributed by atoms with van der Waals surface area (Å²) in [6, 6.07) is 20.7. The molecule has 0 spiro atoms. The van der Waals surface area contributed by atoms with E-state index in [1.807, 2.05) is 39.1 Å². The highest BCUT2D eigenvalue weighted by Gasteiger charge is 2.31. The third kappa shape index (κ3) is 7.54. The lowest BCUT2D eigenvalue weighted by Gasteiger charge is -2.34. The second-order valence-electron chi connectivity index (χ2n) is 10.5. The van der Waals surface area contributed by atoms with E-state index in [4.69, 9.17) is 16.3 Å².